The minimum atomic E-state index is -0.0261. The lowest BCUT2D eigenvalue weighted by Crippen LogP contribution is -2.29. The van der Waals surface area contributed by atoms with Crippen LogP contribution in [0.15, 0.2) is 12.3 Å². The van der Waals surface area contributed by atoms with Gasteiger partial charge in [-0.15, -0.1) is 0 Å². The Morgan fingerprint density at radius 2 is 2.08 bits per heavy atom. The molecule has 0 fully saturated rings. The van der Waals surface area contributed by atoms with Gasteiger partial charge in [-0.05, 0) is 12.3 Å². The second kappa shape index (κ2) is 6.06. The van der Waals surface area contributed by atoms with Gasteiger partial charge in [0.05, 0.1) is 12.6 Å². The molecular weight excluding hydrogens is 150 g/mol. The summed E-state index contributed by atoms with van der Waals surface area (Å²) in [7, 11) is 0. The van der Waals surface area contributed by atoms with Crippen molar-refractivity contribution in [2.75, 3.05) is 6.61 Å². The summed E-state index contributed by atoms with van der Waals surface area (Å²) in [6.45, 7) is 10.8. The summed E-state index contributed by atoms with van der Waals surface area (Å²) >= 11 is 0. The maximum Gasteiger partial charge on any atom is 0.106 e. The smallest absolute Gasteiger partial charge is 0.106 e. The lowest BCUT2D eigenvalue weighted by atomic mass is 10.0. The third-order valence-electron chi connectivity index (χ3n) is 1.88. The molecule has 0 aromatic rings. The van der Waals surface area contributed by atoms with Crippen LogP contribution >= 0.6 is 0 Å². The number of rotatable bonds is 6. The molecule has 0 saturated heterocycles. The SMILES string of the molecule is C=C(OCCCC)C(N)C(C)C. The van der Waals surface area contributed by atoms with Gasteiger partial charge in [0.15, 0.2) is 0 Å². The highest BCUT2D eigenvalue weighted by Gasteiger charge is 2.11. The third-order valence-corrected chi connectivity index (χ3v) is 1.88. The van der Waals surface area contributed by atoms with Crippen LogP contribution in [0.2, 0.25) is 0 Å². The molecule has 0 aliphatic rings. The zero-order valence-corrected chi connectivity index (χ0v) is 8.47. The summed E-state index contributed by atoms with van der Waals surface area (Å²) in [5, 5.41) is 0. The normalized spacial score (nSPS) is 13.1. The molecule has 1 atom stereocenters. The first-order valence-corrected chi connectivity index (χ1v) is 4.66. The fourth-order valence-electron chi connectivity index (χ4n) is 0.816. The van der Waals surface area contributed by atoms with Gasteiger partial charge in [-0.25, -0.2) is 0 Å². The van der Waals surface area contributed by atoms with Crippen LogP contribution in [0.4, 0.5) is 0 Å². The van der Waals surface area contributed by atoms with Crippen LogP contribution in [0.25, 0.3) is 0 Å². The monoisotopic (exact) mass is 171 g/mol. The first-order valence-electron chi connectivity index (χ1n) is 4.66. The van der Waals surface area contributed by atoms with Gasteiger partial charge in [0.1, 0.15) is 5.76 Å². The van der Waals surface area contributed by atoms with Crippen molar-refractivity contribution in [2.45, 2.75) is 39.7 Å². The van der Waals surface area contributed by atoms with Gasteiger partial charge in [0.25, 0.3) is 0 Å². The third kappa shape index (κ3) is 4.39. The van der Waals surface area contributed by atoms with E-state index in [1.165, 1.54) is 0 Å². The molecule has 2 nitrogen and oxygen atoms in total. The molecule has 0 aliphatic carbocycles. The highest BCUT2D eigenvalue weighted by molar-refractivity contribution is 4.96. The minimum absolute atomic E-state index is 0.0261. The molecule has 1 unspecified atom stereocenters. The summed E-state index contributed by atoms with van der Waals surface area (Å²) in [4.78, 5) is 0. The maximum absolute atomic E-state index is 5.82. The van der Waals surface area contributed by atoms with Crippen LogP contribution in [0.5, 0.6) is 0 Å². The Morgan fingerprint density at radius 3 is 2.50 bits per heavy atom. The van der Waals surface area contributed by atoms with Crippen LogP contribution in [-0.4, -0.2) is 12.6 Å². The molecule has 2 N–H and O–H groups in total. The predicted octanol–water partition coefficient (Wildman–Crippen LogP) is 2.30. The highest BCUT2D eigenvalue weighted by Crippen LogP contribution is 2.09. The molecule has 0 aromatic heterocycles. The lowest BCUT2D eigenvalue weighted by Gasteiger charge is -2.18. The van der Waals surface area contributed by atoms with Gasteiger partial charge < -0.3 is 10.5 Å². The summed E-state index contributed by atoms with van der Waals surface area (Å²) in [5.74, 6) is 1.12. The zero-order chi connectivity index (χ0) is 9.56. The first-order chi connectivity index (χ1) is 5.59. The van der Waals surface area contributed by atoms with Crippen molar-refractivity contribution in [3.8, 4) is 0 Å². The molecule has 0 heterocycles. The molecule has 72 valence electrons. The van der Waals surface area contributed by atoms with E-state index in [1.807, 2.05) is 0 Å². The van der Waals surface area contributed by atoms with Gasteiger partial charge in [-0.2, -0.15) is 0 Å². The standard InChI is InChI=1S/C10H21NO/c1-5-6-7-12-9(4)10(11)8(2)3/h8,10H,4-7,11H2,1-3H3. The second-order valence-electron chi connectivity index (χ2n) is 3.44. The van der Waals surface area contributed by atoms with Gasteiger partial charge in [0, 0.05) is 0 Å². The van der Waals surface area contributed by atoms with Crippen LogP contribution in [0.1, 0.15) is 33.6 Å². The van der Waals surface area contributed by atoms with Crippen LogP contribution in [0.3, 0.4) is 0 Å². The summed E-state index contributed by atoms with van der Waals surface area (Å²) in [6, 6.07) is -0.0261. The van der Waals surface area contributed by atoms with Crippen molar-refractivity contribution in [3.05, 3.63) is 12.3 Å². The Labute approximate surface area is 75.8 Å². The summed E-state index contributed by atoms with van der Waals surface area (Å²) in [5.41, 5.74) is 5.82. The van der Waals surface area contributed by atoms with Gasteiger partial charge in [0.2, 0.25) is 0 Å². The van der Waals surface area contributed by atoms with Crippen molar-refractivity contribution < 1.29 is 4.74 Å². The Balaban J connectivity index is 3.57. The lowest BCUT2D eigenvalue weighted by molar-refractivity contribution is 0.181. The first kappa shape index (κ1) is 11.5. The largest absolute Gasteiger partial charge is 0.497 e. The van der Waals surface area contributed by atoms with E-state index in [0.717, 1.165) is 25.2 Å². The molecule has 0 rings (SSSR count). The number of hydrogen-bond donors (Lipinski definition) is 1. The number of hydrogen-bond acceptors (Lipinski definition) is 2. The fraction of sp³-hybridized carbons (Fsp3) is 0.800. The van der Waals surface area contributed by atoms with E-state index in [1.54, 1.807) is 0 Å². The average molecular weight is 171 g/mol. The molecule has 0 saturated carbocycles. The van der Waals surface area contributed by atoms with Crippen molar-refractivity contribution in [1.82, 2.24) is 0 Å². The van der Waals surface area contributed by atoms with Crippen molar-refractivity contribution in [1.29, 1.82) is 0 Å². The van der Waals surface area contributed by atoms with Crippen LogP contribution in [0, 0.1) is 5.92 Å². The Morgan fingerprint density at radius 1 is 1.50 bits per heavy atom. The van der Waals surface area contributed by atoms with Crippen molar-refractivity contribution >= 4 is 0 Å². The van der Waals surface area contributed by atoms with E-state index in [4.69, 9.17) is 10.5 Å². The van der Waals surface area contributed by atoms with E-state index >= 15 is 0 Å². The van der Waals surface area contributed by atoms with E-state index < -0.39 is 0 Å². The predicted molar refractivity (Wildman–Crippen MR) is 52.8 cm³/mol. The van der Waals surface area contributed by atoms with Gasteiger partial charge in [-0.1, -0.05) is 33.8 Å². The Hall–Kier alpha value is -0.500. The molecule has 0 aromatic carbocycles. The van der Waals surface area contributed by atoms with Crippen LogP contribution < -0.4 is 5.73 Å². The topological polar surface area (TPSA) is 35.2 Å². The quantitative estimate of drug-likeness (QED) is 0.491. The number of nitrogens with two attached hydrogens (primary N) is 1. The molecule has 0 aliphatic heterocycles. The molecule has 0 radical (unpaired) electrons. The average Bonchev–Trinajstić information content (AvgIpc) is 2.03. The zero-order valence-electron chi connectivity index (χ0n) is 8.47. The van der Waals surface area contributed by atoms with Gasteiger partial charge in [-0.3, -0.25) is 0 Å². The number of ether oxygens (including phenoxy) is 1. The maximum atomic E-state index is 5.82. The number of unbranched alkanes of at least 4 members (excludes halogenated alkanes) is 1. The second-order valence-corrected chi connectivity index (χ2v) is 3.44. The van der Waals surface area contributed by atoms with E-state index in [9.17, 15) is 0 Å². The summed E-state index contributed by atoms with van der Waals surface area (Å²) in [6.07, 6.45) is 2.22. The van der Waals surface area contributed by atoms with E-state index in [2.05, 4.69) is 27.4 Å². The molecule has 2 heteroatoms. The van der Waals surface area contributed by atoms with Gasteiger partial charge >= 0.3 is 0 Å². The molecular formula is C10H21NO. The van der Waals surface area contributed by atoms with E-state index in [0.29, 0.717) is 5.92 Å². The Kier molecular flexibility index (Phi) is 5.81. The molecule has 0 amide bonds. The van der Waals surface area contributed by atoms with Crippen molar-refractivity contribution in [2.24, 2.45) is 11.7 Å². The summed E-state index contributed by atoms with van der Waals surface area (Å²) < 4.78 is 5.39. The Bertz CT molecular complexity index is 132. The molecule has 0 bridgehead atoms. The fourth-order valence-corrected chi connectivity index (χ4v) is 0.816. The van der Waals surface area contributed by atoms with Crippen molar-refractivity contribution in [3.63, 3.8) is 0 Å². The van der Waals surface area contributed by atoms with E-state index in [-0.39, 0.29) is 6.04 Å². The minimum Gasteiger partial charge on any atom is -0.497 e. The molecule has 12 heavy (non-hydrogen) atoms. The highest BCUT2D eigenvalue weighted by atomic mass is 16.5. The molecule has 0 spiro atoms. The van der Waals surface area contributed by atoms with Crippen LogP contribution in [-0.2, 0) is 4.74 Å².